The van der Waals surface area contributed by atoms with Gasteiger partial charge in [-0.3, -0.25) is 14.9 Å². The lowest BCUT2D eigenvalue weighted by molar-refractivity contribution is -0.385. The van der Waals surface area contributed by atoms with Crippen LogP contribution in [0.25, 0.3) is 10.9 Å². The highest BCUT2D eigenvalue weighted by Crippen LogP contribution is 2.27. The van der Waals surface area contributed by atoms with Gasteiger partial charge in [0.15, 0.2) is 6.29 Å². The van der Waals surface area contributed by atoms with E-state index in [2.05, 4.69) is 4.98 Å². The molecule has 0 saturated carbocycles. The predicted molar refractivity (Wildman–Crippen MR) is 53.7 cm³/mol. The molecule has 0 radical (unpaired) electrons. The molecule has 0 bridgehead atoms. The fraction of sp³-hybridized carbons (Fsp3) is 0. The van der Waals surface area contributed by atoms with Crippen LogP contribution in [-0.2, 0) is 0 Å². The summed E-state index contributed by atoms with van der Waals surface area (Å²) in [7, 11) is 0. The van der Waals surface area contributed by atoms with Gasteiger partial charge < -0.3 is 0 Å². The molecule has 2 rings (SSSR count). The number of nitro benzene ring substituents is 1. The second-order valence-corrected chi connectivity index (χ2v) is 3.07. The average molecular weight is 220 g/mol. The SMILES string of the molecule is O=Cc1ccc2c([N+](=O)[O-])c(F)ccc2n1. The summed E-state index contributed by atoms with van der Waals surface area (Å²) in [6.45, 7) is 0. The Labute approximate surface area is 88.7 Å². The smallest absolute Gasteiger partial charge is 0.296 e. The Hall–Kier alpha value is -2.37. The van der Waals surface area contributed by atoms with E-state index >= 15 is 0 Å². The molecule has 6 heteroatoms. The number of nitro groups is 1. The lowest BCUT2D eigenvalue weighted by Gasteiger charge is -2.00. The number of fused-ring (bicyclic) bond motifs is 1. The number of hydrogen-bond acceptors (Lipinski definition) is 4. The van der Waals surface area contributed by atoms with Crippen LogP contribution >= 0.6 is 0 Å². The summed E-state index contributed by atoms with van der Waals surface area (Å²) in [5, 5.41) is 10.7. The first kappa shape index (κ1) is 10.2. The minimum Gasteiger partial charge on any atom is -0.296 e. The zero-order valence-corrected chi connectivity index (χ0v) is 7.88. The maximum Gasteiger partial charge on any atom is 0.314 e. The van der Waals surface area contributed by atoms with Gasteiger partial charge in [-0.05, 0) is 24.3 Å². The normalized spacial score (nSPS) is 10.3. The van der Waals surface area contributed by atoms with E-state index in [0.717, 1.165) is 6.07 Å². The highest BCUT2D eigenvalue weighted by molar-refractivity contribution is 5.90. The van der Waals surface area contributed by atoms with Gasteiger partial charge in [-0.2, -0.15) is 4.39 Å². The van der Waals surface area contributed by atoms with Crippen LogP contribution in [0.4, 0.5) is 10.1 Å². The lowest BCUT2D eigenvalue weighted by atomic mass is 10.1. The average Bonchev–Trinajstić information content (AvgIpc) is 2.27. The zero-order chi connectivity index (χ0) is 11.7. The highest BCUT2D eigenvalue weighted by Gasteiger charge is 2.19. The summed E-state index contributed by atoms with van der Waals surface area (Å²) in [5.74, 6) is -0.918. The molecular weight excluding hydrogens is 215 g/mol. The Bertz CT molecular complexity index is 598. The van der Waals surface area contributed by atoms with Gasteiger partial charge in [-0.25, -0.2) is 4.98 Å². The Morgan fingerprint density at radius 1 is 1.31 bits per heavy atom. The second-order valence-electron chi connectivity index (χ2n) is 3.07. The quantitative estimate of drug-likeness (QED) is 0.441. The van der Waals surface area contributed by atoms with Crippen molar-refractivity contribution in [2.75, 3.05) is 0 Å². The van der Waals surface area contributed by atoms with E-state index in [-0.39, 0.29) is 16.6 Å². The van der Waals surface area contributed by atoms with E-state index in [4.69, 9.17) is 0 Å². The van der Waals surface area contributed by atoms with E-state index in [9.17, 15) is 19.3 Å². The molecule has 0 amide bonds. The van der Waals surface area contributed by atoms with Crippen molar-refractivity contribution in [3.05, 3.63) is 45.9 Å². The van der Waals surface area contributed by atoms with E-state index in [1.807, 2.05) is 0 Å². The topological polar surface area (TPSA) is 73.1 Å². The first-order chi connectivity index (χ1) is 7.63. The molecular formula is C10H5FN2O3. The summed E-state index contributed by atoms with van der Waals surface area (Å²) in [6.07, 6.45) is 0.522. The summed E-state index contributed by atoms with van der Waals surface area (Å²) >= 11 is 0. The zero-order valence-electron chi connectivity index (χ0n) is 7.88. The van der Waals surface area contributed by atoms with Crippen LogP contribution in [-0.4, -0.2) is 16.2 Å². The van der Waals surface area contributed by atoms with Crippen molar-refractivity contribution >= 4 is 22.9 Å². The molecule has 0 aliphatic heterocycles. The van der Waals surface area contributed by atoms with Crippen LogP contribution < -0.4 is 0 Å². The number of nitrogens with zero attached hydrogens (tertiary/aromatic N) is 2. The molecule has 0 aliphatic rings. The largest absolute Gasteiger partial charge is 0.314 e. The van der Waals surface area contributed by atoms with Crippen LogP contribution in [0, 0.1) is 15.9 Å². The van der Waals surface area contributed by atoms with Crippen LogP contribution in [0.15, 0.2) is 24.3 Å². The number of aldehydes is 1. The fourth-order valence-corrected chi connectivity index (χ4v) is 1.43. The van der Waals surface area contributed by atoms with Crippen LogP contribution in [0.1, 0.15) is 10.5 Å². The van der Waals surface area contributed by atoms with Gasteiger partial charge in [0.1, 0.15) is 5.69 Å². The number of rotatable bonds is 2. The third kappa shape index (κ3) is 1.50. The summed E-state index contributed by atoms with van der Waals surface area (Å²) in [4.78, 5) is 24.2. The van der Waals surface area contributed by atoms with Gasteiger partial charge in [0.05, 0.1) is 15.8 Å². The van der Waals surface area contributed by atoms with Crippen LogP contribution in [0.5, 0.6) is 0 Å². The second kappa shape index (κ2) is 3.65. The molecule has 0 spiro atoms. The van der Waals surface area contributed by atoms with E-state index in [0.29, 0.717) is 6.29 Å². The molecule has 0 atom stereocenters. The number of aromatic nitrogens is 1. The first-order valence-electron chi connectivity index (χ1n) is 4.32. The summed E-state index contributed by atoms with van der Waals surface area (Å²) in [5.41, 5.74) is -0.256. The Morgan fingerprint density at radius 3 is 2.69 bits per heavy atom. The fourth-order valence-electron chi connectivity index (χ4n) is 1.43. The van der Waals surface area contributed by atoms with Crippen molar-refractivity contribution < 1.29 is 14.1 Å². The first-order valence-corrected chi connectivity index (χ1v) is 4.32. The van der Waals surface area contributed by atoms with Crippen molar-refractivity contribution in [3.63, 3.8) is 0 Å². The number of hydrogen-bond donors (Lipinski definition) is 0. The van der Waals surface area contributed by atoms with Crippen LogP contribution in [0.3, 0.4) is 0 Å². The lowest BCUT2D eigenvalue weighted by Crippen LogP contribution is -1.96. The maximum absolute atomic E-state index is 13.2. The van der Waals surface area contributed by atoms with Crippen molar-refractivity contribution in [1.82, 2.24) is 4.98 Å². The molecule has 1 aromatic heterocycles. The predicted octanol–water partition coefficient (Wildman–Crippen LogP) is 2.09. The minimum atomic E-state index is -0.918. The number of pyridine rings is 1. The van der Waals surface area contributed by atoms with Crippen molar-refractivity contribution in [2.45, 2.75) is 0 Å². The van der Waals surface area contributed by atoms with Gasteiger partial charge in [-0.15, -0.1) is 0 Å². The van der Waals surface area contributed by atoms with E-state index in [1.165, 1.54) is 18.2 Å². The Kier molecular flexibility index (Phi) is 2.32. The van der Waals surface area contributed by atoms with Gasteiger partial charge in [0.25, 0.3) is 0 Å². The molecule has 0 unspecified atom stereocenters. The molecule has 1 heterocycles. The minimum absolute atomic E-state index is 0.0793. The van der Waals surface area contributed by atoms with Gasteiger partial charge in [-0.1, -0.05) is 0 Å². The molecule has 16 heavy (non-hydrogen) atoms. The molecule has 1 aromatic carbocycles. The summed E-state index contributed by atoms with van der Waals surface area (Å²) in [6, 6.07) is 4.88. The molecule has 0 N–H and O–H groups in total. The van der Waals surface area contributed by atoms with Crippen molar-refractivity contribution in [3.8, 4) is 0 Å². The van der Waals surface area contributed by atoms with Crippen LogP contribution in [0.2, 0.25) is 0 Å². The number of carbonyl (C=O) groups excluding carboxylic acids is 1. The highest BCUT2D eigenvalue weighted by atomic mass is 19.1. The summed E-state index contributed by atoms with van der Waals surface area (Å²) < 4.78 is 13.2. The van der Waals surface area contributed by atoms with Crippen molar-refractivity contribution in [1.29, 1.82) is 0 Å². The molecule has 0 saturated heterocycles. The third-order valence-electron chi connectivity index (χ3n) is 2.12. The maximum atomic E-state index is 13.2. The number of halogens is 1. The van der Waals surface area contributed by atoms with Gasteiger partial charge in [0, 0.05) is 0 Å². The standard InChI is InChI=1S/C10H5FN2O3/c11-8-3-4-9-7(10(8)13(15)16)2-1-6(5-14)12-9/h1-5H. The Morgan fingerprint density at radius 2 is 2.06 bits per heavy atom. The molecule has 2 aromatic rings. The van der Waals surface area contributed by atoms with Gasteiger partial charge >= 0.3 is 5.69 Å². The Balaban J connectivity index is 2.84. The van der Waals surface area contributed by atoms with Gasteiger partial charge in [0.2, 0.25) is 5.82 Å². The third-order valence-corrected chi connectivity index (χ3v) is 2.12. The molecule has 0 aliphatic carbocycles. The van der Waals surface area contributed by atoms with Crippen molar-refractivity contribution in [2.24, 2.45) is 0 Å². The molecule has 5 nitrogen and oxygen atoms in total. The molecule has 80 valence electrons. The monoisotopic (exact) mass is 220 g/mol. The van der Waals surface area contributed by atoms with E-state index < -0.39 is 16.4 Å². The van der Waals surface area contributed by atoms with E-state index in [1.54, 1.807) is 0 Å². The molecule has 0 fully saturated rings. The number of benzene rings is 1. The number of carbonyl (C=O) groups is 1.